The maximum Gasteiger partial charge on any atom is 0.303 e. The van der Waals surface area contributed by atoms with E-state index >= 15 is 0 Å². The highest BCUT2D eigenvalue weighted by Gasteiger charge is 2.00. The van der Waals surface area contributed by atoms with Gasteiger partial charge in [-0.05, 0) is 19.3 Å². The fraction of sp³-hybridized carbons (Fsp3) is 0.960. The molecule has 1 atom stereocenters. The number of carbonyl (C=O) groups is 1. The molecular weight excluding hydrogens is 348 g/mol. The smallest absolute Gasteiger partial charge is 0.303 e. The third kappa shape index (κ3) is 23.5. The van der Waals surface area contributed by atoms with Crippen molar-refractivity contribution < 1.29 is 15.0 Å². The van der Waals surface area contributed by atoms with Crippen molar-refractivity contribution in [2.45, 2.75) is 154 Å². The second-order valence-corrected chi connectivity index (χ2v) is 8.71. The monoisotopic (exact) mass is 398 g/mol. The number of aliphatic hydroxyl groups excluding tert-OH is 1. The fourth-order valence-corrected chi connectivity index (χ4v) is 3.87. The standard InChI is InChI=1S/C25H50O3/c1-2-24(26)22-20-18-16-14-12-10-8-6-4-3-5-7-9-11-13-15-17-19-21-23-25(27)28/h24,26H,2-23H2,1H3,(H,27,28). The van der Waals surface area contributed by atoms with E-state index in [0.717, 1.165) is 25.7 Å². The van der Waals surface area contributed by atoms with Gasteiger partial charge in [0, 0.05) is 6.42 Å². The van der Waals surface area contributed by atoms with Gasteiger partial charge in [-0.2, -0.15) is 0 Å². The molecule has 0 aliphatic heterocycles. The Kier molecular flexibility index (Phi) is 22.3. The molecule has 0 amide bonds. The van der Waals surface area contributed by atoms with Gasteiger partial charge in [0.2, 0.25) is 0 Å². The highest BCUT2D eigenvalue weighted by atomic mass is 16.4. The first-order chi connectivity index (χ1) is 13.7. The molecule has 3 nitrogen and oxygen atoms in total. The van der Waals surface area contributed by atoms with Gasteiger partial charge in [-0.15, -0.1) is 0 Å². The summed E-state index contributed by atoms with van der Waals surface area (Å²) in [6, 6.07) is 0. The van der Waals surface area contributed by atoms with Gasteiger partial charge in [-0.1, -0.05) is 122 Å². The van der Waals surface area contributed by atoms with Crippen LogP contribution in [0, 0.1) is 0 Å². The molecule has 3 heteroatoms. The van der Waals surface area contributed by atoms with Crippen molar-refractivity contribution in [2.24, 2.45) is 0 Å². The second-order valence-electron chi connectivity index (χ2n) is 8.71. The van der Waals surface area contributed by atoms with Crippen LogP contribution in [0.15, 0.2) is 0 Å². The molecule has 0 rings (SSSR count). The Bertz CT molecular complexity index is 317. The first-order valence-corrected chi connectivity index (χ1v) is 12.6. The van der Waals surface area contributed by atoms with Gasteiger partial charge in [0.25, 0.3) is 0 Å². The summed E-state index contributed by atoms with van der Waals surface area (Å²) in [5, 5.41) is 18.1. The SMILES string of the molecule is CCC(O)CCCCCCCCCCCCCCCCCCCCCC(=O)O. The number of aliphatic carboxylic acids is 1. The van der Waals surface area contributed by atoms with Crippen LogP contribution >= 0.6 is 0 Å². The maximum atomic E-state index is 10.4. The quantitative estimate of drug-likeness (QED) is 0.171. The number of hydrogen-bond donors (Lipinski definition) is 2. The van der Waals surface area contributed by atoms with Crippen molar-refractivity contribution in [3.63, 3.8) is 0 Å². The Hall–Kier alpha value is -0.570. The first kappa shape index (κ1) is 27.4. The van der Waals surface area contributed by atoms with Crippen molar-refractivity contribution in [1.82, 2.24) is 0 Å². The molecule has 0 heterocycles. The van der Waals surface area contributed by atoms with Crippen molar-refractivity contribution in [1.29, 1.82) is 0 Å². The lowest BCUT2D eigenvalue weighted by molar-refractivity contribution is -0.137. The molecule has 0 spiro atoms. The van der Waals surface area contributed by atoms with Crippen LogP contribution in [0.4, 0.5) is 0 Å². The Labute approximate surface area is 175 Å². The number of carboxylic acid groups (broad SMARTS) is 1. The molecule has 0 saturated heterocycles. The molecule has 0 aromatic rings. The highest BCUT2D eigenvalue weighted by Crippen LogP contribution is 2.15. The molecule has 2 N–H and O–H groups in total. The van der Waals surface area contributed by atoms with Gasteiger partial charge in [-0.3, -0.25) is 4.79 Å². The van der Waals surface area contributed by atoms with Gasteiger partial charge < -0.3 is 10.2 Å². The summed E-state index contributed by atoms with van der Waals surface area (Å²) in [4.78, 5) is 10.4. The fourth-order valence-electron chi connectivity index (χ4n) is 3.87. The lowest BCUT2D eigenvalue weighted by Gasteiger charge is -2.06. The Balaban J connectivity index is 3.02. The number of hydrogen-bond acceptors (Lipinski definition) is 2. The number of unbranched alkanes of at least 4 members (excludes halogenated alkanes) is 18. The molecule has 0 aliphatic rings. The third-order valence-corrected chi connectivity index (χ3v) is 5.90. The molecule has 0 aliphatic carbocycles. The molecule has 0 fully saturated rings. The number of rotatable bonds is 23. The summed E-state index contributed by atoms with van der Waals surface area (Å²) in [7, 11) is 0. The van der Waals surface area contributed by atoms with Crippen LogP contribution in [0.1, 0.15) is 148 Å². The minimum atomic E-state index is -0.657. The van der Waals surface area contributed by atoms with Gasteiger partial charge in [0.1, 0.15) is 0 Å². The minimum absolute atomic E-state index is 0.0677. The van der Waals surface area contributed by atoms with E-state index in [1.807, 2.05) is 0 Å². The van der Waals surface area contributed by atoms with Crippen LogP contribution in [-0.2, 0) is 4.79 Å². The van der Waals surface area contributed by atoms with Crippen molar-refractivity contribution in [3.8, 4) is 0 Å². The highest BCUT2D eigenvalue weighted by molar-refractivity contribution is 5.66. The summed E-state index contributed by atoms with van der Waals surface area (Å²) in [5.41, 5.74) is 0. The van der Waals surface area contributed by atoms with Crippen LogP contribution in [0.3, 0.4) is 0 Å². The molecule has 0 radical (unpaired) electrons. The van der Waals surface area contributed by atoms with Crippen molar-refractivity contribution >= 4 is 5.97 Å². The predicted octanol–water partition coefficient (Wildman–Crippen LogP) is 8.03. The topological polar surface area (TPSA) is 57.5 Å². The molecule has 28 heavy (non-hydrogen) atoms. The average Bonchev–Trinajstić information content (AvgIpc) is 2.68. The summed E-state index contributed by atoms with van der Waals surface area (Å²) >= 11 is 0. The van der Waals surface area contributed by atoms with E-state index in [-0.39, 0.29) is 6.10 Å². The van der Waals surface area contributed by atoms with E-state index in [9.17, 15) is 9.90 Å². The predicted molar refractivity (Wildman–Crippen MR) is 121 cm³/mol. The summed E-state index contributed by atoms with van der Waals surface area (Å²) in [6.45, 7) is 2.06. The van der Waals surface area contributed by atoms with E-state index < -0.39 is 5.97 Å². The zero-order valence-corrected chi connectivity index (χ0v) is 18.9. The number of carboxylic acids is 1. The molecule has 0 aromatic heterocycles. The molecule has 0 saturated carbocycles. The van der Waals surface area contributed by atoms with E-state index in [2.05, 4.69) is 6.92 Å². The molecular formula is C25H50O3. The van der Waals surface area contributed by atoms with Gasteiger partial charge in [0.05, 0.1) is 6.10 Å². The average molecular weight is 399 g/mol. The molecule has 1 unspecified atom stereocenters. The Morgan fingerprint density at radius 1 is 0.571 bits per heavy atom. The van der Waals surface area contributed by atoms with Crippen LogP contribution in [0.5, 0.6) is 0 Å². The maximum absolute atomic E-state index is 10.4. The van der Waals surface area contributed by atoms with Crippen LogP contribution in [0.2, 0.25) is 0 Å². The largest absolute Gasteiger partial charge is 0.481 e. The van der Waals surface area contributed by atoms with Gasteiger partial charge in [-0.25, -0.2) is 0 Å². The van der Waals surface area contributed by atoms with E-state index in [1.165, 1.54) is 109 Å². The summed E-state index contributed by atoms with van der Waals surface area (Å²) in [5.74, 6) is -0.657. The van der Waals surface area contributed by atoms with Gasteiger partial charge >= 0.3 is 5.97 Å². The third-order valence-electron chi connectivity index (χ3n) is 5.90. The summed E-state index contributed by atoms with van der Waals surface area (Å²) in [6.07, 6.45) is 27.1. The second kappa shape index (κ2) is 22.7. The Morgan fingerprint density at radius 2 is 0.857 bits per heavy atom. The van der Waals surface area contributed by atoms with Crippen LogP contribution in [0.25, 0.3) is 0 Å². The van der Waals surface area contributed by atoms with Crippen molar-refractivity contribution in [2.75, 3.05) is 0 Å². The zero-order valence-electron chi connectivity index (χ0n) is 18.9. The van der Waals surface area contributed by atoms with Crippen LogP contribution in [-0.4, -0.2) is 22.3 Å². The first-order valence-electron chi connectivity index (χ1n) is 12.6. The lowest BCUT2D eigenvalue weighted by Crippen LogP contribution is -2.03. The van der Waals surface area contributed by atoms with E-state index in [4.69, 9.17) is 5.11 Å². The van der Waals surface area contributed by atoms with Gasteiger partial charge in [0.15, 0.2) is 0 Å². The zero-order chi connectivity index (χ0) is 20.7. The van der Waals surface area contributed by atoms with E-state index in [1.54, 1.807) is 0 Å². The molecule has 0 aromatic carbocycles. The number of aliphatic hydroxyl groups is 1. The molecule has 0 bridgehead atoms. The molecule has 168 valence electrons. The lowest BCUT2D eigenvalue weighted by atomic mass is 10.0. The van der Waals surface area contributed by atoms with Crippen molar-refractivity contribution in [3.05, 3.63) is 0 Å². The normalized spacial score (nSPS) is 12.4. The van der Waals surface area contributed by atoms with Crippen LogP contribution < -0.4 is 0 Å². The van der Waals surface area contributed by atoms with E-state index in [0.29, 0.717) is 6.42 Å². The minimum Gasteiger partial charge on any atom is -0.481 e. The Morgan fingerprint density at radius 3 is 1.14 bits per heavy atom. The summed E-state index contributed by atoms with van der Waals surface area (Å²) < 4.78 is 0.